The summed E-state index contributed by atoms with van der Waals surface area (Å²) < 4.78 is 0. The highest BCUT2D eigenvalue weighted by Gasteiger charge is 2.10. The van der Waals surface area contributed by atoms with Gasteiger partial charge in [0.2, 0.25) is 0 Å². The predicted molar refractivity (Wildman–Crippen MR) is 74.5 cm³/mol. The van der Waals surface area contributed by atoms with E-state index in [1.807, 2.05) is 6.92 Å². The van der Waals surface area contributed by atoms with Crippen LogP contribution in [-0.4, -0.2) is 34.7 Å². The van der Waals surface area contributed by atoms with Crippen molar-refractivity contribution in [2.24, 2.45) is 0 Å². The van der Waals surface area contributed by atoms with Crippen LogP contribution >= 0.6 is 0 Å². The minimum atomic E-state index is -0.431. The molecule has 0 fully saturated rings. The number of nitro groups is 1. The zero-order valence-electron chi connectivity index (χ0n) is 11.1. The average molecular weight is 268 g/mol. The Kier molecular flexibility index (Phi) is 6.59. The molecule has 0 bridgehead atoms. The fourth-order valence-corrected chi connectivity index (χ4v) is 1.61. The Morgan fingerprint density at radius 3 is 2.53 bits per heavy atom. The van der Waals surface area contributed by atoms with Crippen LogP contribution < -0.4 is 10.6 Å². The van der Waals surface area contributed by atoms with Crippen LogP contribution in [0.25, 0.3) is 0 Å². The molecule has 0 radical (unpaired) electrons. The summed E-state index contributed by atoms with van der Waals surface area (Å²) in [7, 11) is 0. The van der Waals surface area contributed by atoms with Crippen molar-refractivity contribution in [3.8, 4) is 0 Å². The van der Waals surface area contributed by atoms with Gasteiger partial charge < -0.3 is 15.7 Å². The molecule has 19 heavy (non-hydrogen) atoms. The van der Waals surface area contributed by atoms with E-state index >= 15 is 0 Å². The highest BCUT2D eigenvalue weighted by molar-refractivity contribution is 5.54. The summed E-state index contributed by atoms with van der Waals surface area (Å²) in [5.74, 6) is 0.990. The third-order valence-corrected chi connectivity index (χ3v) is 2.52. The molecule has 1 rings (SSSR count). The third kappa shape index (κ3) is 5.52. The minimum Gasteiger partial charge on any atom is -0.396 e. The van der Waals surface area contributed by atoms with Gasteiger partial charge in [-0.05, 0) is 26.2 Å². The maximum Gasteiger partial charge on any atom is 0.276 e. The number of hydrogen-bond acceptors (Lipinski definition) is 6. The summed E-state index contributed by atoms with van der Waals surface area (Å²) in [6, 6.07) is 2.84. The van der Waals surface area contributed by atoms with Crippen molar-refractivity contribution < 1.29 is 10.0 Å². The number of rotatable bonds is 9. The molecular weight excluding hydrogens is 248 g/mol. The van der Waals surface area contributed by atoms with Crippen molar-refractivity contribution in [3.63, 3.8) is 0 Å². The second-order valence-corrected chi connectivity index (χ2v) is 4.09. The summed E-state index contributed by atoms with van der Waals surface area (Å²) in [5.41, 5.74) is 0.0174. The Bertz CT molecular complexity index is 412. The van der Waals surface area contributed by atoms with E-state index in [0.29, 0.717) is 24.7 Å². The van der Waals surface area contributed by atoms with Crippen LogP contribution in [0.5, 0.6) is 0 Å². The topological polar surface area (TPSA) is 100 Å². The highest BCUT2D eigenvalue weighted by atomic mass is 16.6. The van der Waals surface area contributed by atoms with E-state index in [-0.39, 0.29) is 12.3 Å². The molecular formula is C12H20N4O3. The number of aliphatic hydroxyl groups excluding tert-OH is 1. The quantitative estimate of drug-likeness (QED) is 0.360. The van der Waals surface area contributed by atoms with Gasteiger partial charge in [-0.15, -0.1) is 0 Å². The van der Waals surface area contributed by atoms with Gasteiger partial charge in [-0.3, -0.25) is 10.1 Å². The largest absolute Gasteiger partial charge is 0.396 e. The molecule has 0 atom stereocenters. The fourth-order valence-electron chi connectivity index (χ4n) is 1.61. The number of aromatic nitrogens is 1. The van der Waals surface area contributed by atoms with Crippen molar-refractivity contribution in [3.05, 3.63) is 22.2 Å². The Morgan fingerprint density at radius 1 is 1.26 bits per heavy atom. The number of anilines is 2. The van der Waals surface area contributed by atoms with Crippen molar-refractivity contribution in [2.45, 2.75) is 26.2 Å². The molecule has 7 heteroatoms. The first-order valence-corrected chi connectivity index (χ1v) is 6.42. The number of pyridine rings is 1. The minimum absolute atomic E-state index is 0.0174. The Morgan fingerprint density at radius 2 is 1.95 bits per heavy atom. The molecule has 1 aromatic rings. The number of aliphatic hydroxyl groups is 1. The lowest BCUT2D eigenvalue weighted by Crippen LogP contribution is -2.07. The normalized spacial score (nSPS) is 10.2. The first-order chi connectivity index (χ1) is 9.17. The molecule has 7 nitrogen and oxygen atoms in total. The van der Waals surface area contributed by atoms with Gasteiger partial charge in [0.1, 0.15) is 11.6 Å². The molecule has 0 spiro atoms. The molecule has 1 aromatic heterocycles. The monoisotopic (exact) mass is 268 g/mol. The van der Waals surface area contributed by atoms with Crippen LogP contribution in [0.15, 0.2) is 12.1 Å². The number of nitrogens with one attached hydrogen (secondary N) is 2. The highest BCUT2D eigenvalue weighted by Crippen LogP contribution is 2.20. The molecule has 0 saturated heterocycles. The lowest BCUT2D eigenvalue weighted by Gasteiger charge is -2.08. The van der Waals surface area contributed by atoms with E-state index in [0.717, 1.165) is 19.3 Å². The van der Waals surface area contributed by atoms with Gasteiger partial charge in [-0.1, -0.05) is 0 Å². The number of nitrogens with zero attached hydrogens (tertiary/aromatic N) is 2. The molecule has 0 aromatic carbocycles. The van der Waals surface area contributed by atoms with Gasteiger partial charge in [0.15, 0.2) is 0 Å². The zero-order chi connectivity index (χ0) is 14.1. The molecule has 0 aliphatic carbocycles. The maximum atomic E-state index is 10.8. The number of unbranched alkanes of at least 4 members (excludes halogenated alkanes) is 2. The van der Waals surface area contributed by atoms with E-state index in [9.17, 15) is 10.1 Å². The van der Waals surface area contributed by atoms with E-state index in [4.69, 9.17) is 5.11 Å². The Hall–Kier alpha value is -1.89. The first kappa shape index (κ1) is 15.2. The van der Waals surface area contributed by atoms with Crippen LogP contribution in [0, 0.1) is 10.1 Å². The molecule has 0 aliphatic rings. The van der Waals surface area contributed by atoms with Crippen molar-refractivity contribution in [2.75, 3.05) is 30.3 Å². The Balaban J connectivity index is 2.62. The van der Waals surface area contributed by atoms with Gasteiger partial charge in [0.05, 0.1) is 17.1 Å². The van der Waals surface area contributed by atoms with Crippen molar-refractivity contribution in [1.29, 1.82) is 0 Å². The standard InChI is InChI=1S/C12H20N4O3/c1-2-13-11-8-10(16(18)19)9-12(15-11)14-6-4-3-5-7-17/h8-9,17H,2-7H2,1H3,(H2,13,14,15). The number of hydrogen-bond donors (Lipinski definition) is 3. The lowest BCUT2D eigenvalue weighted by molar-refractivity contribution is -0.384. The van der Waals surface area contributed by atoms with E-state index < -0.39 is 4.92 Å². The van der Waals surface area contributed by atoms with Crippen LogP contribution in [-0.2, 0) is 0 Å². The van der Waals surface area contributed by atoms with E-state index in [1.165, 1.54) is 12.1 Å². The summed E-state index contributed by atoms with van der Waals surface area (Å²) in [6.45, 7) is 3.44. The summed E-state index contributed by atoms with van der Waals surface area (Å²) in [5, 5.41) is 25.5. The van der Waals surface area contributed by atoms with Crippen molar-refractivity contribution >= 4 is 17.3 Å². The fraction of sp³-hybridized carbons (Fsp3) is 0.583. The van der Waals surface area contributed by atoms with E-state index in [1.54, 1.807) is 0 Å². The molecule has 0 saturated carbocycles. The van der Waals surface area contributed by atoms with Crippen LogP contribution in [0.3, 0.4) is 0 Å². The van der Waals surface area contributed by atoms with Gasteiger partial charge in [0.25, 0.3) is 5.69 Å². The molecule has 0 amide bonds. The molecule has 3 N–H and O–H groups in total. The second-order valence-electron chi connectivity index (χ2n) is 4.09. The average Bonchev–Trinajstić information content (AvgIpc) is 2.38. The second kappa shape index (κ2) is 8.25. The van der Waals surface area contributed by atoms with Gasteiger partial charge in [-0.25, -0.2) is 4.98 Å². The van der Waals surface area contributed by atoms with Gasteiger partial charge in [-0.2, -0.15) is 0 Å². The summed E-state index contributed by atoms with van der Waals surface area (Å²) in [6.07, 6.45) is 2.58. The summed E-state index contributed by atoms with van der Waals surface area (Å²) >= 11 is 0. The SMILES string of the molecule is CCNc1cc([N+](=O)[O-])cc(NCCCCCO)n1. The molecule has 0 unspecified atom stereocenters. The first-order valence-electron chi connectivity index (χ1n) is 6.42. The smallest absolute Gasteiger partial charge is 0.276 e. The van der Waals surface area contributed by atoms with Gasteiger partial charge in [0, 0.05) is 19.7 Å². The molecule has 0 aliphatic heterocycles. The lowest BCUT2D eigenvalue weighted by atomic mass is 10.2. The van der Waals surface area contributed by atoms with Crippen LogP contribution in [0.2, 0.25) is 0 Å². The van der Waals surface area contributed by atoms with E-state index in [2.05, 4.69) is 15.6 Å². The molecule has 106 valence electrons. The third-order valence-electron chi connectivity index (χ3n) is 2.52. The van der Waals surface area contributed by atoms with Crippen LogP contribution in [0.4, 0.5) is 17.3 Å². The summed E-state index contributed by atoms with van der Waals surface area (Å²) in [4.78, 5) is 14.6. The molecule has 1 heterocycles. The maximum absolute atomic E-state index is 10.8. The van der Waals surface area contributed by atoms with Crippen molar-refractivity contribution in [1.82, 2.24) is 4.98 Å². The zero-order valence-corrected chi connectivity index (χ0v) is 11.1. The van der Waals surface area contributed by atoms with Crippen LogP contribution in [0.1, 0.15) is 26.2 Å². The predicted octanol–water partition coefficient (Wildman–Crippen LogP) is 2.00. The van der Waals surface area contributed by atoms with Gasteiger partial charge >= 0.3 is 0 Å². The Labute approximate surface area is 112 Å².